The summed E-state index contributed by atoms with van der Waals surface area (Å²) in [4.78, 5) is 4.15. The Bertz CT molecular complexity index is 473. The van der Waals surface area contributed by atoms with Gasteiger partial charge in [-0.05, 0) is 24.5 Å². The van der Waals surface area contributed by atoms with Crippen molar-refractivity contribution in [3.05, 3.63) is 35.1 Å². The lowest BCUT2D eigenvalue weighted by molar-refractivity contribution is 0.114. The second-order valence-electron chi connectivity index (χ2n) is 4.80. The molecule has 1 unspecified atom stereocenters. The Morgan fingerprint density at radius 1 is 1.55 bits per heavy atom. The van der Waals surface area contributed by atoms with Crippen LogP contribution in [0.1, 0.15) is 24.0 Å². The molecular formula is C14H20FN3O2. The average Bonchev–Trinajstić information content (AvgIpc) is 2.96. The van der Waals surface area contributed by atoms with E-state index in [-0.39, 0.29) is 18.3 Å². The molecule has 5 nitrogen and oxygen atoms in total. The highest BCUT2D eigenvalue weighted by Crippen LogP contribution is 2.12. The number of aliphatic hydroxyl groups excluding tert-OH is 1. The Morgan fingerprint density at radius 2 is 2.40 bits per heavy atom. The number of hydrogen-bond donors (Lipinski definition) is 3. The molecule has 0 amide bonds. The third-order valence-corrected chi connectivity index (χ3v) is 3.25. The molecule has 1 aromatic rings. The van der Waals surface area contributed by atoms with E-state index in [4.69, 9.17) is 15.6 Å². The number of nitrogens with two attached hydrogens (primary N) is 1. The van der Waals surface area contributed by atoms with Crippen molar-refractivity contribution in [1.82, 2.24) is 5.32 Å². The third-order valence-electron chi connectivity index (χ3n) is 3.25. The van der Waals surface area contributed by atoms with Gasteiger partial charge in [-0.15, -0.1) is 0 Å². The van der Waals surface area contributed by atoms with Crippen LogP contribution in [0.4, 0.5) is 4.39 Å². The first kappa shape index (κ1) is 14.7. The summed E-state index contributed by atoms with van der Waals surface area (Å²) < 4.78 is 18.9. The number of ether oxygens (including phenoxy) is 1. The van der Waals surface area contributed by atoms with Crippen LogP contribution in [0.15, 0.2) is 23.2 Å². The van der Waals surface area contributed by atoms with Gasteiger partial charge >= 0.3 is 0 Å². The van der Waals surface area contributed by atoms with Gasteiger partial charge in [0, 0.05) is 18.7 Å². The molecule has 0 aromatic heterocycles. The van der Waals surface area contributed by atoms with Gasteiger partial charge in [0.15, 0.2) is 5.96 Å². The standard InChI is InChI=1S/C14H20FN3O2/c15-13-6-10(3-4-11(13)9-19)7-17-14(16)18-8-12-2-1-5-20-12/h3-4,6,12,19H,1-2,5,7-9H2,(H3,16,17,18). The number of hydrogen-bond acceptors (Lipinski definition) is 3. The van der Waals surface area contributed by atoms with Gasteiger partial charge < -0.3 is 20.9 Å². The summed E-state index contributed by atoms with van der Waals surface area (Å²) in [5.41, 5.74) is 6.73. The summed E-state index contributed by atoms with van der Waals surface area (Å²) >= 11 is 0. The lowest BCUT2D eigenvalue weighted by atomic mass is 10.1. The van der Waals surface area contributed by atoms with Gasteiger partial charge in [-0.1, -0.05) is 12.1 Å². The Labute approximate surface area is 117 Å². The van der Waals surface area contributed by atoms with E-state index >= 15 is 0 Å². The van der Waals surface area contributed by atoms with Crippen LogP contribution < -0.4 is 11.1 Å². The molecular weight excluding hydrogens is 261 g/mol. The van der Waals surface area contributed by atoms with E-state index in [1.54, 1.807) is 12.1 Å². The smallest absolute Gasteiger partial charge is 0.189 e. The van der Waals surface area contributed by atoms with E-state index in [0.29, 0.717) is 24.6 Å². The highest BCUT2D eigenvalue weighted by Gasteiger charge is 2.14. The molecule has 20 heavy (non-hydrogen) atoms. The Morgan fingerprint density at radius 3 is 3.05 bits per heavy atom. The lowest BCUT2D eigenvalue weighted by Gasteiger charge is -2.11. The van der Waals surface area contributed by atoms with Gasteiger partial charge in [0.1, 0.15) is 5.82 Å². The zero-order valence-corrected chi connectivity index (χ0v) is 11.3. The molecule has 110 valence electrons. The fraction of sp³-hybridized carbons (Fsp3) is 0.500. The Balaban J connectivity index is 1.82. The minimum absolute atomic E-state index is 0.199. The predicted molar refractivity (Wildman–Crippen MR) is 74.6 cm³/mol. The molecule has 0 bridgehead atoms. The van der Waals surface area contributed by atoms with Gasteiger partial charge in [-0.25, -0.2) is 9.38 Å². The molecule has 0 aliphatic carbocycles. The maximum atomic E-state index is 13.5. The topological polar surface area (TPSA) is 79.9 Å². The predicted octanol–water partition coefficient (Wildman–Crippen LogP) is 0.901. The Kier molecular flexibility index (Phi) is 5.31. The van der Waals surface area contributed by atoms with Crippen LogP contribution in [0, 0.1) is 5.82 Å². The number of halogens is 1. The van der Waals surface area contributed by atoms with Crippen molar-refractivity contribution in [2.24, 2.45) is 10.7 Å². The number of aliphatic imine (C=N–C) groups is 1. The van der Waals surface area contributed by atoms with Gasteiger partial charge in [0.05, 0.1) is 19.3 Å². The number of benzene rings is 1. The van der Waals surface area contributed by atoms with E-state index in [9.17, 15) is 4.39 Å². The highest BCUT2D eigenvalue weighted by molar-refractivity contribution is 5.77. The van der Waals surface area contributed by atoms with Gasteiger partial charge in [0.25, 0.3) is 0 Å². The molecule has 1 saturated heterocycles. The minimum Gasteiger partial charge on any atom is -0.392 e. The Hall–Kier alpha value is -1.66. The van der Waals surface area contributed by atoms with Gasteiger partial charge in [-0.2, -0.15) is 0 Å². The fourth-order valence-electron chi connectivity index (χ4n) is 2.07. The van der Waals surface area contributed by atoms with Crippen LogP contribution in [-0.2, 0) is 17.9 Å². The van der Waals surface area contributed by atoms with E-state index < -0.39 is 5.82 Å². The molecule has 0 spiro atoms. The number of rotatable bonds is 5. The molecule has 4 N–H and O–H groups in total. The van der Waals surface area contributed by atoms with E-state index in [1.807, 2.05) is 0 Å². The van der Waals surface area contributed by atoms with Crippen molar-refractivity contribution >= 4 is 5.96 Å². The van der Waals surface area contributed by atoms with Crippen LogP contribution in [0.2, 0.25) is 0 Å². The summed E-state index contributed by atoms with van der Waals surface area (Å²) in [5, 5.41) is 11.9. The second-order valence-corrected chi connectivity index (χ2v) is 4.80. The van der Waals surface area contributed by atoms with Crippen molar-refractivity contribution in [2.45, 2.75) is 32.1 Å². The molecule has 1 aromatic carbocycles. The summed E-state index contributed by atoms with van der Waals surface area (Å²) in [6.45, 7) is 1.44. The summed E-state index contributed by atoms with van der Waals surface area (Å²) in [6.07, 6.45) is 2.32. The van der Waals surface area contributed by atoms with E-state index in [0.717, 1.165) is 19.4 Å². The first-order chi connectivity index (χ1) is 9.69. The highest BCUT2D eigenvalue weighted by atomic mass is 19.1. The maximum absolute atomic E-state index is 13.5. The molecule has 1 aliphatic heterocycles. The molecule has 1 atom stereocenters. The first-order valence-electron chi connectivity index (χ1n) is 6.72. The first-order valence-corrected chi connectivity index (χ1v) is 6.72. The van der Waals surface area contributed by atoms with Crippen molar-refractivity contribution in [3.8, 4) is 0 Å². The second kappa shape index (κ2) is 7.21. The molecule has 1 heterocycles. The summed E-state index contributed by atoms with van der Waals surface area (Å²) in [7, 11) is 0. The number of nitrogens with one attached hydrogen (secondary N) is 1. The van der Waals surface area contributed by atoms with Crippen LogP contribution in [-0.4, -0.2) is 30.3 Å². The zero-order valence-electron chi connectivity index (χ0n) is 11.3. The van der Waals surface area contributed by atoms with Gasteiger partial charge in [-0.3, -0.25) is 0 Å². The number of nitrogens with zero attached hydrogens (tertiary/aromatic N) is 1. The monoisotopic (exact) mass is 281 g/mol. The lowest BCUT2D eigenvalue weighted by Crippen LogP contribution is -2.37. The molecule has 2 rings (SSSR count). The number of guanidine groups is 1. The van der Waals surface area contributed by atoms with Crippen molar-refractivity contribution in [1.29, 1.82) is 0 Å². The third kappa shape index (κ3) is 4.18. The molecule has 1 aliphatic rings. The largest absolute Gasteiger partial charge is 0.392 e. The van der Waals surface area contributed by atoms with E-state index in [1.165, 1.54) is 6.07 Å². The van der Waals surface area contributed by atoms with Crippen LogP contribution >= 0.6 is 0 Å². The average molecular weight is 281 g/mol. The van der Waals surface area contributed by atoms with Crippen molar-refractivity contribution in [2.75, 3.05) is 13.2 Å². The van der Waals surface area contributed by atoms with E-state index in [2.05, 4.69) is 10.3 Å². The fourth-order valence-corrected chi connectivity index (χ4v) is 2.07. The quantitative estimate of drug-likeness (QED) is 0.553. The summed E-state index contributed by atoms with van der Waals surface area (Å²) in [6, 6.07) is 4.64. The zero-order chi connectivity index (χ0) is 14.4. The number of aliphatic hydroxyl groups is 1. The van der Waals surface area contributed by atoms with Crippen LogP contribution in [0.25, 0.3) is 0 Å². The molecule has 0 saturated carbocycles. The molecule has 0 radical (unpaired) electrons. The minimum atomic E-state index is -0.425. The SMILES string of the molecule is NC(=NCc1ccc(CO)c(F)c1)NCC1CCCO1. The van der Waals surface area contributed by atoms with Crippen molar-refractivity contribution in [3.63, 3.8) is 0 Å². The van der Waals surface area contributed by atoms with Gasteiger partial charge in [0.2, 0.25) is 0 Å². The maximum Gasteiger partial charge on any atom is 0.189 e. The normalized spacial score (nSPS) is 19.3. The van der Waals surface area contributed by atoms with Crippen LogP contribution in [0.3, 0.4) is 0 Å². The molecule has 6 heteroatoms. The van der Waals surface area contributed by atoms with Crippen LogP contribution in [0.5, 0.6) is 0 Å². The molecule has 1 fully saturated rings. The van der Waals surface area contributed by atoms with Crippen molar-refractivity contribution < 1.29 is 14.2 Å². The summed E-state index contributed by atoms with van der Waals surface area (Å²) in [5.74, 6) is -0.0989.